The molecule has 0 aliphatic rings. The van der Waals surface area contributed by atoms with Crippen LogP contribution >= 0.6 is 27.7 Å². The largest absolute Gasteiger partial charge is 0.481 e. The highest BCUT2D eigenvalue weighted by Gasteiger charge is 2.09. The Morgan fingerprint density at radius 3 is 2.30 bits per heavy atom. The van der Waals surface area contributed by atoms with Crippen LogP contribution in [-0.2, 0) is 14.9 Å². The molecule has 0 fully saturated rings. The molecule has 0 aromatic heterocycles. The molecule has 1 N–H and O–H groups in total. The fraction of sp³-hybridized carbons (Fsp3) is 0.125. The van der Waals surface area contributed by atoms with E-state index in [-0.39, 0.29) is 5.75 Å². The van der Waals surface area contributed by atoms with Crippen molar-refractivity contribution in [1.29, 1.82) is 0 Å². The summed E-state index contributed by atoms with van der Waals surface area (Å²) in [7, 11) is -3.58. The minimum absolute atomic E-state index is 0.262. The van der Waals surface area contributed by atoms with Crippen molar-refractivity contribution in [2.75, 3.05) is 18.6 Å². The Hall–Kier alpha value is -2.75. The van der Waals surface area contributed by atoms with Gasteiger partial charge in [-0.15, -0.1) is 11.8 Å². The Balaban J connectivity index is 1.78. The zero-order valence-corrected chi connectivity index (χ0v) is 20.8. The van der Waals surface area contributed by atoms with Crippen molar-refractivity contribution in [2.45, 2.75) is 4.90 Å². The Kier molecular flexibility index (Phi) is 8.60. The first-order valence-corrected chi connectivity index (χ1v) is 13.3. The van der Waals surface area contributed by atoms with E-state index in [0.29, 0.717) is 16.0 Å². The van der Waals surface area contributed by atoms with E-state index in [1.165, 1.54) is 0 Å². The first kappa shape index (κ1) is 24.9. The molecule has 0 atom stereocenters. The smallest absolute Gasteiger partial charge is 0.341 e. The van der Waals surface area contributed by atoms with Crippen molar-refractivity contribution in [2.24, 2.45) is 0 Å². The third kappa shape index (κ3) is 7.96. The third-order valence-electron chi connectivity index (χ3n) is 4.29. The maximum absolute atomic E-state index is 11.4. The lowest BCUT2D eigenvalue weighted by molar-refractivity contribution is -0.139. The molecule has 0 bridgehead atoms. The number of carboxylic acid groups (broad SMARTS) is 1. The van der Waals surface area contributed by atoms with Crippen LogP contribution < -0.4 is 8.92 Å². The van der Waals surface area contributed by atoms with E-state index in [2.05, 4.69) is 22.0 Å². The fourth-order valence-electron chi connectivity index (χ4n) is 2.93. The average Bonchev–Trinajstić information content (AvgIpc) is 2.76. The van der Waals surface area contributed by atoms with Gasteiger partial charge in [-0.3, -0.25) is 0 Å². The molecule has 0 aliphatic carbocycles. The van der Waals surface area contributed by atoms with Gasteiger partial charge in [0.25, 0.3) is 0 Å². The lowest BCUT2D eigenvalue weighted by Gasteiger charge is -2.11. The number of benzene rings is 3. The molecule has 0 aliphatic heterocycles. The lowest BCUT2D eigenvalue weighted by atomic mass is 9.98. The van der Waals surface area contributed by atoms with E-state index in [1.54, 1.807) is 30.0 Å². The van der Waals surface area contributed by atoms with E-state index in [0.717, 1.165) is 27.9 Å². The van der Waals surface area contributed by atoms with Crippen LogP contribution in [0.25, 0.3) is 5.57 Å². The minimum Gasteiger partial charge on any atom is -0.481 e. The van der Waals surface area contributed by atoms with E-state index < -0.39 is 22.7 Å². The molecule has 33 heavy (non-hydrogen) atoms. The number of hydrogen-bond acceptors (Lipinski definition) is 6. The number of hydrogen-bond donors (Lipinski definition) is 1. The number of rotatable bonds is 10. The molecule has 3 aromatic rings. The van der Waals surface area contributed by atoms with Gasteiger partial charge in [-0.25, -0.2) is 4.79 Å². The molecule has 6 nitrogen and oxygen atoms in total. The molecule has 0 heterocycles. The summed E-state index contributed by atoms with van der Waals surface area (Å²) >= 11 is 5.03. The second-order valence-corrected chi connectivity index (χ2v) is 10.4. The van der Waals surface area contributed by atoms with E-state index >= 15 is 0 Å². The van der Waals surface area contributed by atoms with Gasteiger partial charge in [-0.1, -0.05) is 48.5 Å². The van der Waals surface area contributed by atoms with Crippen LogP contribution in [0, 0.1) is 0 Å². The number of ether oxygens (including phenoxy) is 1. The van der Waals surface area contributed by atoms with Gasteiger partial charge >= 0.3 is 16.1 Å². The molecular weight excluding hydrogens is 528 g/mol. The van der Waals surface area contributed by atoms with Crippen molar-refractivity contribution in [1.82, 2.24) is 0 Å². The van der Waals surface area contributed by atoms with Crippen LogP contribution in [0.1, 0.15) is 11.1 Å². The van der Waals surface area contributed by atoms with Crippen LogP contribution in [0.2, 0.25) is 0 Å². The molecule has 0 spiro atoms. The Bertz CT molecular complexity index is 1240. The second kappa shape index (κ2) is 11.4. The van der Waals surface area contributed by atoms with Crippen molar-refractivity contribution >= 4 is 49.4 Å². The number of thioether (sulfide) groups is 1. The van der Waals surface area contributed by atoms with Crippen LogP contribution in [0.5, 0.6) is 11.5 Å². The minimum atomic E-state index is -3.58. The zero-order chi connectivity index (χ0) is 23.8. The lowest BCUT2D eigenvalue weighted by Crippen LogP contribution is -2.09. The van der Waals surface area contributed by atoms with Gasteiger partial charge in [-0.2, -0.15) is 8.42 Å². The standard InChI is InChI=1S/C24H21BrO6S2/c1-33(28,29)31-19-9-7-18(8-10-19)21(17-5-3-2-4-6-17)13-14-32-20-11-12-23(22(25)15-20)30-16-24(26)27/h2-13,15H,14,16H2,1H3,(H,26,27). The van der Waals surface area contributed by atoms with Gasteiger partial charge in [0.2, 0.25) is 0 Å². The molecule has 172 valence electrons. The molecule has 3 rings (SSSR count). The molecule has 3 aromatic carbocycles. The summed E-state index contributed by atoms with van der Waals surface area (Å²) in [4.78, 5) is 11.7. The summed E-state index contributed by atoms with van der Waals surface area (Å²) in [5.74, 6) is 0.375. The molecule has 0 saturated carbocycles. The summed E-state index contributed by atoms with van der Waals surface area (Å²) in [6.07, 6.45) is 3.12. The summed E-state index contributed by atoms with van der Waals surface area (Å²) in [5.41, 5.74) is 2.98. The summed E-state index contributed by atoms with van der Waals surface area (Å²) in [5, 5.41) is 8.76. The zero-order valence-electron chi connectivity index (χ0n) is 17.6. The normalized spacial score (nSPS) is 11.8. The molecular formula is C24H21BrO6S2. The van der Waals surface area contributed by atoms with E-state index in [4.69, 9.17) is 14.0 Å². The van der Waals surface area contributed by atoms with Crippen molar-refractivity contribution < 1.29 is 27.2 Å². The first-order valence-electron chi connectivity index (χ1n) is 9.74. The first-order chi connectivity index (χ1) is 15.7. The van der Waals surface area contributed by atoms with Crippen molar-refractivity contribution in [3.05, 3.63) is 94.5 Å². The monoisotopic (exact) mass is 548 g/mol. The SMILES string of the molecule is CS(=O)(=O)Oc1ccc(C(=CCSc2ccc(OCC(=O)O)c(Br)c2)c2ccccc2)cc1. The predicted molar refractivity (Wildman–Crippen MR) is 133 cm³/mol. The summed E-state index contributed by atoms with van der Waals surface area (Å²) < 4.78 is 33.6. The van der Waals surface area contributed by atoms with Crippen LogP contribution in [0.4, 0.5) is 0 Å². The Labute approximate surface area is 205 Å². The topological polar surface area (TPSA) is 89.9 Å². The van der Waals surface area contributed by atoms with Gasteiger partial charge < -0.3 is 14.0 Å². The van der Waals surface area contributed by atoms with Gasteiger partial charge in [0.05, 0.1) is 10.7 Å². The highest BCUT2D eigenvalue weighted by atomic mass is 79.9. The third-order valence-corrected chi connectivity index (χ3v) is 6.33. The summed E-state index contributed by atoms with van der Waals surface area (Å²) in [6.45, 7) is -0.401. The van der Waals surface area contributed by atoms with E-state index in [9.17, 15) is 13.2 Å². The van der Waals surface area contributed by atoms with Gasteiger partial charge in [0.1, 0.15) is 11.5 Å². The summed E-state index contributed by atoms with van der Waals surface area (Å²) in [6, 6.07) is 22.3. The van der Waals surface area contributed by atoms with Crippen molar-refractivity contribution in [3.63, 3.8) is 0 Å². The van der Waals surface area contributed by atoms with Crippen LogP contribution in [-0.4, -0.2) is 38.1 Å². The van der Waals surface area contributed by atoms with E-state index in [1.807, 2.05) is 54.6 Å². The van der Waals surface area contributed by atoms with Gasteiger partial charge in [0.15, 0.2) is 6.61 Å². The molecule has 0 unspecified atom stereocenters. The molecule has 0 saturated heterocycles. The number of carboxylic acids is 1. The second-order valence-electron chi connectivity index (χ2n) is 6.88. The van der Waals surface area contributed by atoms with Gasteiger partial charge in [-0.05, 0) is 63.0 Å². The highest BCUT2D eigenvalue weighted by Crippen LogP contribution is 2.32. The van der Waals surface area contributed by atoms with Gasteiger partial charge in [0, 0.05) is 10.6 Å². The quantitative estimate of drug-likeness (QED) is 0.265. The molecule has 9 heteroatoms. The molecule has 0 radical (unpaired) electrons. The molecule has 0 amide bonds. The Morgan fingerprint density at radius 1 is 1.03 bits per heavy atom. The van der Waals surface area contributed by atoms with Crippen LogP contribution in [0.15, 0.2) is 88.2 Å². The number of carbonyl (C=O) groups is 1. The predicted octanol–water partition coefficient (Wildman–Crippen LogP) is 5.47. The van der Waals surface area contributed by atoms with Crippen LogP contribution in [0.3, 0.4) is 0 Å². The number of halogens is 1. The highest BCUT2D eigenvalue weighted by molar-refractivity contribution is 9.10. The van der Waals surface area contributed by atoms with Crippen molar-refractivity contribution in [3.8, 4) is 11.5 Å². The number of aliphatic carboxylic acids is 1. The average molecular weight is 549 g/mol. The maximum atomic E-state index is 11.4. The maximum Gasteiger partial charge on any atom is 0.341 e. The fourth-order valence-corrected chi connectivity index (χ4v) is 4.85. The Morgan fingerprint density at radius 2 is 1.70 bits per heavy atom.